The molecule has 6 unspecified atom stereocenters. The molecule has 0 aliphatic heterocycles. The Morgan fingerprint density at radius 3 is 2.74 bits per heavy atom. The Bertz CT molecular complexity index is 494. The lowest BCUT2D eigenvalue weighted by molar-refractivity contribution is -0.0831. The average molecular weight is 317 g/mol. The molecule has 3 fully saturated rings. The predicted molar refractivity (Wildman–Crippen MR) is 96.1 cm³/mol. The van der Waals surface area contributed by atoms with Crippen LogP contribution in [0.1, 0.15) is 85.0 Å². The van der Waals surface area contributed by atoms with Crippen LogP contribution in [0, 0.1) is 34.5 Å². The highest BCUT2D eigenvalue weighted by atomic mass is 16.3. The van der Waals surface area contributed by atoms with E-state index < -0.39 is 0 Å². The zero-order valence-electron chi connectivity index (χ0n) is 15.5. The lowest BCUT2D eigenvalue weighted by atomic mass is 9.45. The number of fused-ring (bicyclic) bond motifs is 5. The summed E-state index contributed by atoms with van der Waals surface area (Å²) in [6.07, 6.45) is 15.9. The Kier molecular flexibility index (Phi) is 3.95. The number of hydrogen-bond donors (Lipinski definition) is 1. The molecule has 4 rings (SSSR count). The van der Waals surface area contributed by atoms with Crippen molar-refractivity contribution in [2.24, 2.45) is 34.5 Å². The van der Waals surface area contributed by atoms with Crippen LogP contribution in [0.15, 0.2) is 11.6 Å². The molecule has 0 aromatic carbocycles. The Morgan fingerprint density at radius 2 is 1.96 bits per heavy atom. The van der Waals surface area contributed by atoms with Crippen LogP contribution in [-0.2, 0) is 0 Å². The summed E-state index contributed by atoms with van der Waals surface area (Å²) in [5.74, 6) is 3.40. The third-order valence-electron chi connectivity index (χ3n) is 8.76. The van der Waals surface area contributed by atoms with Gasteiger partial charge in [0.1, 0.15) is 0 Å². The summed E-state index contributed by atoms with van der Waals surface area (Å²) in [6, 6.07) is 0. The van der Waals surface area contributed by atoms with Gasteiger partial charge in [0.15, 0.2) is 0 Å². The lowest BCUT2D eigenvalue weighted by Gasteiger charge is -2.60. The molecule has 130 valence electrons. The van der Waals surface area contributed by atoms with Crippen molar-refractivity contribution in [2.45, 2.75) is 91.1 Å². The summed E-state index contributed by atoms with van der Waals surface area (Å²) >= 11 is 0. The van der Waals surface area contributed by atoms with Gasteiger partial charge in [-0.2, -0.15) is 0 Å². The molecule has 23 heavy (non-hydrogen) atoms. The number of rotatable bonds is 2. The number of aliphatic hydroxyl groups is 1. The second-order valence-corrected chi connectivity index (χ2v) is 9.70. The molecule has 0 aromatic rings. The van der Waals surface area contributed by atoms with Crippen molar-refractivity contribution in [1.29, 1.82) is 0 Å². The largest absolute Gasteiger partial charge is 0.393 e. The molecule has 0 saturated heterocycles. The molecule has 0 spiro atoms. The van der Waals surface area contributed by atoms with E-state index in [1.807, 2.05) is 5.57 Å². The molecule has 0 amide bonds. The molecule has 0 aromatic heterocycles. The summed E-state index contributed by atoms with van der Waals surface area (Å²) in [4.78, 5) is 0. The number of hydrogen-bond acceptors (Lipinski definition) is 1. The van der Waals surface area contributed by atoms with Crippen LogP contribution in [0.4, 0.5) is 0 Å². The summed E-state index contributed by atoms with van der Waals surface area (Å²) < 4.78 is 0. The minimum Gasteiger partial charge on any atom is -0.393 e. The minimum absolute atomic E-state index is 0.0332. The molecule has 3 saturated carbocycles. The first-order valence-electron chi connectivity index (χ1n) is 10.4. The molecule has 4 aliphatic rings. The van der Waals surface area contributed by atoms with Crippen LogP contribution in [0.3, 0.4) is 0 Å². The first-order valence-corrected chi connectivity index (χ1v) is 10.4. The SMILES string of the molecule is CCC[C@H]1CC2C(CCC3(C)C(O)CCC23)C2(C)CCCC=C12. The smallest absolute Gasteiger partial charge is 0.0596 e. The Morgan fingerprint density at radius 1 is 1.13 bits per heavy atom. The van der Waals surface area contributed by atoms with Crippen molar-refractivity contribution < 1.29 is 5.11 Å². The molecule has 7 atom stereocenters. The van der Waals surface area contributed by atoms with E-state index in [1.165, 1.54) is 57.8 Å². The van der Waals surface area contributed by atoms with Crippen LogP contribution in [0.5, 0.6) is 0 Å². The van der Waals surface area contributed by atoms with Crippen molar-refractivity contribution >= 4 is 0 Å². The third kappa shape index (κ3) is 2.21. The molecule has 0 bridgehead atoms. The van der Waals surface area contributed by atoms with E-state index in [-0.39, 0.29) is 11.5 Å². The molecule has 4 aliphatic carbocycles. The maximum absolute atomic E-state index is 10.6. The summed E-state index contributed by atoms with van der Waals surface area (Å²) in [5.41, 5.74) is 2.56. The first-order chi connectivity index (χ1) is 11.0. The van der Waals surface area contributed by atoms with Crippen LogP contribution in [0.25, 0.3) is 0 Å². The van der Waals surface area contributed by atoms with Crippen LogP contribution >= 0.6 is 0 Å². The van der Waals surface area contributed by atoms with Gasteiger partial charge in [0, 0.05) is 0 Å². The second kappa shape index (κ2) is 5.61. The van der Waals surface area contributed by atoms with Gasteiger partial charge in [0.2, 0.25) is 0 Å². The molecular weight excluding hydrogens is 280 g/mol. The van der Waals surface area contributed by atoms with Crippen LogP contribution in [-0.4, -0.2) is 11.2 Å². The van der Waals surface area contributed by atoms with Gasteiger partial charge in [-0.1, -0.05) is 38.8 Å². The third-order valence-corrected chi connectivity index (χ3v) is 8.76. The second-order valence-electron chi connectivity index (χ2n) is 9.70. The normalized spacial score (nSPS) is 52.3. The standard InChI is InChI=1S/C22H36O/c1-4-7-15-14-16-18-9-10-20(23)22(18,3)13-11-19(16)21(2)12-6-5-8-17(15)21/h8,15-16,18-20,23H,4-7,9-14H2,1-3H3/t15-,16?,18?,19?,20?,21?,22?/m0/s1. The van der Waals surface area contributed by atoms with Gasteiger partial charge in [-0.25, -0.2) is 0 Å². The monoisotopic (exact) mass is 316 g/mol. The Labute approximate surface area is 142 Å². The quantitative estimate of drug-likeness (QED) is 0.645. The maximum atomic E-state index is 10.6. The fraction of sp³-hybridized carbons (Fsp3) is 0.909. The van der Waals surface area contributed by atoms with Crippen molar-refractivity contribution in [2.75, 3.05) is 0 Å². The van der Waals surface area contributed by atoms with Gasteiger partial charge >= 0.3 is 0 Å². The summed E-state index contributed by atoms with van der Waals surface area (Å²) in [5, 5.41) is 10.6. The highest BCUT2D eigenvalue weighted by molar-refractivity contribution is 5.26. The molecule has 1 N–H and O–H groups in total. The van der Waals surface area contributed by atoms with E-state index >= 15 is 0 Å². The zero-order chi connectivity index (χ0) is 16.2. The number of aliphatic hydroxyl groups excluding tert-OH is 1. The van der Waals surface area contributed by atoms with Gasteiger partial charge in [0.05, 0.1) is 6.10 Å². The number of allylic oxidation sites excluding steroid dienone is 2. The van der Waals surface area contributed by atoms with Gasteiger partial charge in [-0.15, -0.1) is 0 Å². The van der Waals surface area contributed by atoms with E-state index in [9.17, 15) is 5.11 Å². The topological polar surface area (TPSA) is 20.2 Å². The highest BCUT2D eigenvalue weighted by Gasteiger charge is 2.59. The molecule has 0 radical (unpaired) electrons. The van der Waals surface area contributed by atoms with Crippen molar-refractivity contribution in [3.05, 3.63) is 11.6 Å². The fourth-order valence-corrected chi connectivity index (χ4v) is 7.59. The predicted octanol–water partition coefficient (Wildman–Crippen LogP) is 5.73. The van der Waals surface area contributed by atoms with Gasteiger partial charge in [-0.05, 0) is 92.3 Å². The molecular formula is C22H36O. The van der Waals surface area contributed by atoms with Gasteiger partial charge < -0.3 is 5.11 Å². The van der Waals surface area contributed by atoms with Gasteiger partial charge in [0.25, 0.3) is 0 Å². The minimum atomic E-state index is -0.0332. The van der Waals surface area contributed by atoms with Crippen molar-refractivity contribution in [3.8, 4) is 0 Å². The summed E-state index contributed by atoms with van der Waals surface area (Å²) in [7, 11) is 0. The van der Waals surface area contributed by atoms with E-state index in [2.05, 4.69) is 26.8 Å². The molecule has 1 heteroatoms. The zero-order valence-corrected chi connectivity index (χ0v) is 15.5. The molecule has 1 nitrogen and oxygen atoms in total. The highest BCUT2D eigenvalue weighted by Crippen LogP contribution is 2.66. The van der Waals surface area contributed by atoms with Crippen molar-refractivity contribution in [3.63, 3.8) is 0 Å². The van der Waals surface area contributed by atoms with Crippen LogP contribution in [0.2, 0.25) is 0 Å². The van der Waals surface area contributed by atoms with Gasteiger partial charge in [-0.3, -0.25) is 0 Å². The van der Waals surface area contributed by atoms with Crippen LogP contribution < -0.4 is 0 Å². The first kappa shape index (κ1) is 16.2. The van der Waals surface area contributed by atoms with E-state index in [1.54, 1.807) is 0 Å². The van der Waals surface area contributed by atoms with E-state index in [4.69, 9.17) is 0 Å². The van der Waals surface area contributed by atoms with Crippen molar-refractivity contribution in [1.82, 2.24) is 0 Å². The average Bonchev–Trinajstić information content (AvgIpc) is 2.83. The Balaban J connectivity index is 1.71. The fourth-order valence-electron chi connectivity index (χ4n) is 7.59. The van der Waals surface area contributed by atoms with E-state index in [0.717, 1.165) is 30.1 Å². The van der Waals surface area contributed by atoms with E-state index in [0.29, 0.717) is 5.41 Å². The summed E-state index contributed by atoms with van der Waals surface area (Å²) in [6.45, 7) is 7.39. The molecule has 0 heterocycles. The Hall–Kier alpha value is -0.300. The maximum Gasteiger partial charge on any atom is 0.0596 e. The lowest BCUT2D eigenvalue weighted by Crippen LogP contribution is -2.52.